The Morgan fingerprint density at radius 2 is 1.70 bits per heavy atom. The fourth-order valence-corrected chi connectivity index (χ4v) is 5.26. The van der Waals surface area contributed by atoms with Gasteiger partial charge in [-0.3, -0.25) is 9.36 Å². The number of anilines is 3. The first kappa shape index (κ1) is 21.9. The highest BCUT2D eigenvalue weighted by Crippen LogP contribution is 2.33. The summed E-state index contributed by atoms with van der Waals surface area (Å²) in [7, 11) is 0. The van der Waals surface area contributed by atoms with Crippen molar-refractivity contribution in [1.82, 2.24) is 9.55 Å². The highest BCUT2D eigenvalue weighted by atomic mass is 32.1. The van der Waals surface area contributed by atoms with Gasteiger partial charge >= 0.3 is 0 Å². The molecule has 8 nitrogen and oxygen atoms in total. The van der Waals surface area contributed by atoms with E-state index in [1.54, 1.807) is 17.5 Å². The van der Waals surface area contributed by atoms with E-state index in [9.17, 15) is 4.79 Å². The molecule has 0 radical (unpaired) electrons. The molecule has 174 valence electrons. The molecule has 4 heterocycles. The van der Waals surface area contributed by atoms with Crippen LogP contribution in [0, 0.1) is 13.8 Å². The molecule has 0 bridgehead atoms. The van der Waals surface area contributed by atoms with Crippen molar-refractivity contribution >= 4 is 34.3 Å². The molecule has 0 unspecified atom stereocenters. The summed E-state index contributed by atoms with van der Waals surface area (Å²) in [6, 6.07) is 8.23. The lowest BCUT2D eigenvalue weighted by Crippen LogP contribution is -2.38. The molecule has 2 saturated heterocycles. The normalized spacial score (nSPS) is 16.8. The van der Waals surface area contributed by atoms with Gasteiger partial charge in [0.15, 0.2) is 5.13 Å². The maximum absolute atomic E-state index is 13.4. The Morgan fingerprint density at radius 1 is 1.00 bits per heavy atom. The molecule has 33 heavy (non-hydrogen) atoms. The molecule has 5 rings (SSSR count). The Hall–Kier alpha value is -2.88. The van der Waals surface area contributed by atoms with Crippen LogP contribution in [0.25, 0.3) is 5.13 Å². The van der Waals surface area contributed by atoms with E-state index in [1.807, 2.05) is 35.9 Å². The molecule has 2 aromatic heterocycles. The lowest BCUT2D eigenvalue weighted by molar-refractivity contribution is 0.102. The van der Waals surface area contributed by atoms with Gasteiger partial charge in [0.05, 0.1) is 43.4 Å². The second kappa shape index (κ2) is 9.54. The summed E-state index contributed by atoms with van der Waals surface area (Å²) >= 11 is 1.56. The van der Waals surface area contributed by atoms with Crippen LogP contribution in [-0.4, -0.2) is 68.1 Å². The number of nitrogens with zero attached hydrogens (tertiary/aromatic N) is 4. The van der Waals surface area contributed by atoms with Crippen molar-refractivity contribution in [3.63, 3.8) is 0 Å². The zero-order valence-electron chi connectivity index (χ0n) is 19.0. The highest BCUT2D eigenvalue weighted by Gasteiger charge is 2.22. The topological polar surface area (TPSA) is 71.9 Å². The van der Waals surface area contributed by atoms with Crippen LogP contribution >= 0.6 is 11.3 Å². The second-order valence-corrected chi connectivity index (χ2v) is 9.16. The van der Waals surface area contributed by atoms with E-state index in [0.29, 0.717) is 18.8 Å². The molecule has 1 N–H and O–H groups in total. The van der Waals surface area contributed by atoms with Crippen molar-refractivity contribution in [3.05, 3.63) is 52.8 Å². The summed E-state index contributed by atoms with van der Waals surface area (Å²) in [5, 5.41) is 6.00. The number of benzene rings is 1. The minimum absolute atomic E-state index is 0.112. The molecule has 0 spiro atoms. The van der Waals surface area contributed by atoms with E-state index < -0.39 is 0 Å². The Labute approximate surface area is 197 Å². The van der Waals surface area contributed by atoms with Crippen LogP contribution in [0.2, 0.25) is 0 Å². The third-order valence-electron chi connectivity index (χ3n) is 6.24. The van der Waals surface area contributed by atoms with Gasteiger partial charge in [0.25, 0.3) is 5.91 Å². The van der Waals surface area contributed by atoms with Crippen molar-refractivity contribution < 1.29 is 14.3 Å². The van der Waals surface area contributed by atoms with E-state index in [0.717, 1.165) is 73.0 Å². The van der Waals surface area contributed by atoms with Crippen LogP contribution < -0.4 is 15.1 Å². The van der Waals surface area contributed by atoms with Gasteiger partial charge < -0.3 is 24.6 Å². The van der Waals surface area contributed by atoms with Gasteiger partial charge in [-0.2, -0.15) is 0 Å². The number of carbonyl (C=O) groups is 1. The van der Waals surface area contributed by atoms with Crippen molar-refractivity contribution in [2.75, 3.05) is 67.7 Å². The van der Waals surface area contributed by atoms with Crippen LogP contribution in [0.5, 0.6) is 0 Å². The first-order valence-corrected chi connectivity index (χ1v) is 12.2. The van der Waals surface area contributed by atoms with E-state index >= 15 is 0 Å². The predicted molar refractivity (Wildman–Crippen MR) is 131 cm³/mol. The largest absolute Gasteiger partial charge is 0.378 e. The highest BCUT2D eigenvalue weighted by molar-refractivity contribution is 7.12. The molecule has 1 amide bonds. The fraction of sp³-hybridized carbons (Fsp3) is 0.417. The third-order valence-corrected chi connectivity index (χ3v) is 7.00. The number of nitrogens with one attached hydrogen (secondary N) is 1. The zero-order valence-corrected chi connectivity index (χ0v) is 19.9. The van der Waals surface area contributed by atoms with Gasteiger partial charge in [-0.15, -0.1) is 11.3 Å². The number of morpholine rings is 2. The van der Waals surface area contributed by atoms with Crippen LogP contribution in [0.4, 0.5) is 17.1 Å². The molecule has 2 aliphatic heterocycles. The Balaban J connectivity index is 1.45. The minimum atomic E-state index is -0.112. The van der Waals surface area contributed by atoms with Gasteiger partial charge in [0, 0.05) is 54.8 Å². The number of aromatic nitrogens is 2. The molecule has 9 heteroatoms. The summed E-state index contributed by atoms with van der Waals surface area (Å²) in [6.45, 7) is 10.2. The van der Waals surface area contributed by atoms with Crippen LogP contribution in [-0.2, 0) is 9.47 Å². The van der Waals surface area contributed by atoms with Gasteiger partial charge in [-0.1, -0.05) is 0 Å². The summed E-state index contributed by atoms with van der Waals surface area (Å²) in [4.78, 5) is 22.4. The number of hydrogen-bond acceptors (Lipinski definition) is 7. The maximum atomic E-state index is 13.4. The number of thiazole rings is 1. The zero-order chi connectivity index (χ0) is 22.8. The molecule has 1 aromatic carbocycles. The maximum Gasteiger partial charge on any atom is 0.257 e. The molecule has 0 saturated carbocycles. The van der Waals surface area contributed by atoms with E-state index in [2.05, 4.69) is 32.2 Å². The number of rotatable bonds is 5. The minimum Gasteiger partial charge on any atom is -0.378 e. The standard InChI is InChI=1S/C24H29N5O3S/c1-17-15-20(18(2)29(17)24-25-5-14-33-24)23(30)26-21-4-3-19(27-6-10-31-11-7-27)16-22(21)28-8-12-32-13-9-28/h3-5,14-16H,6-13H2,1-2H3,(H,26,30). The Kier molecular flexibility index (Phi) is 6.34. The van der Waals surface area contributed by atoms with Gasteiger partial charge in [-0.05, 0) is 38.1 Å². The Bertz CT molecular complexity index is 1120. The van der Waals surface area contributed by atoms with Gasteiger partial charge in [0.2, 0.25) is 0 Å². The summed E-state index contributed by atoms with van der Waals surface area (Å²) < 4.78 is 13.1. The van der Waals surface area contributed by atoms with Crippen LogP contribution in [0.15, 0.2) is 35.8 Å². The number of aryl methyl sites for hydroxylation is 1. The molecular weight excluding hydrogens is 438 g/mol. The number of carbonyl (C=O) groups excluding carboxylic acids is 1. The first-order chi connectivity index (χ1) is 16.1. The van der Waals surface area contributed by atoms with E-state index in [1.165, 1.54) is 0 Å². The summed E-state index contributed by atoms with van der Waals surface area (Å²) in [5.41, 5.74) is 5.54. The van der Waals surface area contributed by atoms with Crippen molar-refractivity contribution in [3.8, 4) is 5.13 Å². The predicted octanol–water partition coefficient (Wildman–Crippen LogP) is 3.48. The average molecular weight is 468 g/mol. The van der Waals surface area contributed by atoms with E-state index in [4.69, 9.17) is 9.47 Å². The lowest BCUT2D eigenvalue weighted by atomic mass is 10.1. The fourth-order valence-electron chi connectivity index (χ4n) is 4.51. The Morgan fingerprint density at radius 3 is 2.36 bits per heavy atom. The third kappa shape index (κ3) is 4.48. The molecule has 2 aliphatic rings. The lowest BCUT2D eigenvalue weighted by Gasteiger charge is -2.33. The number of ether oxygens (including phenoxy) is 2. The average Bonchev–Trinajstić information content (AvgIpc) is 3.48. The summed E-state index contributed by atoms with van der Waals surface area (Å²) in [6.07, 6.45) is 1.78. The molecule has 2 fully saturated rings. The first-order valence-electron chi connectivity index (χ1n) is 11.3. The van der Waals surface area contributed by atoms with Crippen molar-refractivity contribution in [1.29, 1.82) is 0 Å². The SMILES string of the molecule is Cc1cc(C(=O)Nc2ccc(N3CCOCC3)cc2N2CCOCC2)c(C)n1-c1nccs1. The monoisotopic (exact) mass is 467 g/mol. The van der Waals surface area contributed by atoms with Crippen molar-refractivity contribution in [2.45, 2.75) is 13.8 Å². The summed E-state index contributed by atoms with van der Waals surface area (Å²) in [5.74, 6) is -0.112. The molecule has 3 aromatic rings. The molecule has 0 atom stereocenters. The van der Waals surface area contributed by atoms with Gasteiger partial charge in [0.1, 0.15) is 0 Å². The van der Waals surface area contributed by atoms with Crippen LogP contribution in [0.1, 0.15) is 21.7 Å². The smallest absolute Gasteiger partial charge is 0.257 e. The van der Waals surface area contributed by atoms with Crippen LogP contribution in [0.3, 0.4) is 0 Å². The number of amides is 1. The quantitative estimate of drug-likeness (QED) is 0.620. The van der Waals surface area contributed by atoms with E-state index in [-0.39, 0.29) is 5.91 Å². The second-order valence-electron chi connectivity index (χ2n) is 8.29. The molecular formula is C24H29N5O3S. The van der Waals surface area contributed by atoms with Crippen molar-refractivity contribution in [2.24, 2.45) is 0 Å². The number of hydrogen-bond donors (Lipinski definition) is 1. The van der Waals surface area contributed by atoms with Gasteiger partial charge in [-0.25, -0.2) is 4.98 Å². The molecule has 0 aliphatic carbocycles.